The fraction of sp³-hybridized carbons (Fsp3) is 0.118. The van der Waals surface area contributed by atoms with Crippen LogP contribution in [0.15, 0.2) is 41.8 Å². The summed E-state index contributed by atoms with van der Waals surface area (Å²) in [5.74, 6) is -0.608. The topological polar surface area (TPSA) is 54.9 Å². The maximum absolute atomic E-state index is 13.1. The highest BCUT2D eigenvalue weighted by Gasteiger charge is 2.12. The quantitative estimate of drug-likeness (QED) is 0.784. The Morgan fingerprint density at radius 2 is 1.78 bits per heavy atom. The Labute approximate surface area is 137 Å². The molecule has 0 saturated heterocycles. The van der Waals surface area contributed by atoms with Gasteiger partial charge in [-0.05, 0) is 49.2 Å². The van der Waals surface area contributed by atoms with Gasteiger partial charge in [-0.2, -0.15) is 0 Å². The zero-order chi connectivity index (χ0) is 16.4. The molecule has 3 aromatic rings. The van der Waals surface area contributed by atoms with Crippen LogP contribution in [0.4, 0.5) is 9.52 Å². The molecule has 0 saturated carbocycles. The third-order valence-electron chi connectivity index (χ3n) is 3.20. The summed E-state index contributed by atoms with van der Waals surface area (Å²) in [5.41, 5.74) is 3.52. The monoisotopic (exact) mass is 327 g/mol. The van der Waals surface area contributed by atoms with Gasteiger partial charge < -0.3 is 0 Å². The van der Waals surface area contributed by atoms with E-state index in [9.17, 15) is 9.18 Å². The van der Waals surface area contributed by atoms with Crippen molar-refractivity contribution in [3.8, 4) is 11.1 Å². The van der Waals surface area contributed by atoms with Crippen molar-refractivity contribution in [2.75, 3.05) is 5.32 Å². The number of rotatable bonds is 3. The highest BCUT2D eigenvalue weighted by atomic mass is 32.1. The van der Waals surface area contributed by atoms with Gasteiger partial charge in [0.1, 0.15) is 11.5 Å². The molecule has 2 heterocycles. The molecule has 0 aliphatic rings. The second kappa shape index (κ2) is 6.26. The molecular formula is C17H14FN3OS. The Bertz CT molecular complexity index is 859. The molecule has 1 N–H and O–H groups in total. The van der Waals surface area contributed by atoms with Crippen molar-refractivity contribution in [3.05, 3.63) is 64.7 Å². The minimum Gasteiger partial charge on any atom is -0.296 e. The number of aryl methyl sites for hydroxylation is 2. The summed E-state index contributed by atoms with van der Waals surface area (Å²) in [6, 6.07) is 9.69. The van der Waals surface area contributed by atoms with Gasteiger partial charge in [0.2, 0.25) is 0 Å². The van der Waals surface area contributed by atoms with Crippen LogP contribution in [0.2, 0.25) is 0 Å². The molecule has 0 bridgehead atoms. The van der Waals surface area contributed by atoms with Crippen molar-refractivity contribution in [1.29, 1.82) is 0 Å². The van der Waals surface area contributed by atoms with E-state index in [1.54, 1.807) is 18.2 Å². The number of hydrogen-bond acceptors (Lipinski definition) is 4. The zero-order valence-electron chi connectivity index (χ0n) is 12.6. The minimum atomic E-state index is -0.314. The van der Waals surface area contributed by atoms with Crippen LogP contribution in [0.25, 0.3) is 11.1 Å². The van der Waals surface area contributed by atoms with Gasteiger partial charge in [-0.1, -0.05) is 12.1 Å². The third kappa shape index (κ3) is 3.60. The highest BCUT2D eigenvalue weighted by molar-refractivity contribution is 7.13. The summed E-state index contributed by atoms with van der Waals surface area (Å²) in [6.45, 7) is 3.68. The van der Waals surface area contributed by atoms with Crippen molar-refractivity contribution in [2.24, 2.45) is 0 Å². The normalized spacial score (nSPS) is 10.6. The van der Waals surface area contributed by atoms with Crippen LogP contribution in [0.5, 0.6) is 0 Å². The Morgan fingerprint density at radius 3 is 2.43 bits per heavy atom. The van der Waals surface area contributed by atoms with Crippen LogP contribution in [-0.4, -0.2) is 15.9 Å². The van der Waals surface area contributed by atoms with Crippen molar-refractivity contribution < 1.29 is 9.18 Å². The van der Waals surface area contributed by atoms with Gasteiger partial charge in [0, 0.05) is 11.1 Å². The molecule has 1 amide bonds. The van der Waals surface area contributed by atoms with E-state index in [-0.39, 0.29) is 11.7 Å². The molecule has 3 rings (SSSR count). The molecule has 0 aliphatic carbocycles. The molecule has 4 nitrogen and oxygen atoms in total. The summed E-state index contributed by atoms with van der Waals surface area (Å²) in [5, 5.41) is 5.15. The molecule has 23 heavy (non-hydrogen) atoms. The van der Waals surface area contributed by atoms with Gasteiger partial charge in [0.15, 0.2) is 5.13 Å². The van der Waals surface area contributed by atoms with Crippen molar-refractivity contribution in [2.45, 2.75) is 13.8 Å². The number of carbonyl (C=O) groups is 1. The van der Waals surface area contributed by atoms with Crippen LogP contribution in [0, 0.1) is 19.7 Å². The summed E-state index contributed by atoms with van der Waals surface area (Å²) >= 11 is 1.37. The molecule has 0 unspecified atom stereocenters. The molecule has 1 aromatic carbocycles. The smallest absolute Gasteiger partial charge is 0.276 e. The number of hydrogen-bond donors (Lipinski definition) is 1. The van der Waals surface area contributed by atoms with E-state index in [4.69, 9.17) is 0 Å². The maximum atomic E-state index is 13.1. The number of anilines is 1. The largest absolute Gasteiger partial charge is 0.296 e. The second-order valence-corrected chi connectivity index (χ2v) is 6.00. The van der Waals surface area contributed by atoms with Gasteiger partial charge in [0.25, 0.3) is 5.91 Å². The van der Waals surface area contributed by atoms with E-state index < -0.39 is 0 Å². The Balaban J connectivity index is 1.90. The molecule has 0 atom stereocenters. The Kier molecular flexibility index (Phi) is 4.16. The van der Waals surface area contributed by atoms with E-state index >= 15 is 0 Å². The number of nitrogens with one attached hydrogen (secondary N) is 1. The lowest BCUT2D eigenvalue weighted by Crippen LogP contribution is -2.14. The first-order valence-electron chi connectivity index (χ1n) is 6.99. The van der Waals surface area contributed by atoms with Gasteiger partial charge in [0.05, 0.1) is 5.69 Å². The summed E-state index contributed by atoms with van der Waals surface area (Å²) in [6.07, 6.45) is 0. The number of pyridine rings is 1. The average molecular weight is 327 g/mol. The SMILES string of the molecule is Cc1cc(-c2ccc(F)cc2)cc(C(=O)Nc2nc(C)cs2)n1. The zero-order valence-corrected chi connectivity index (χ0v) is 13.4. The minimum absolute atomic E-state index is 0.295. The van der Waals surface area contributed by atoms with E-state index in [2.05, 4.69) is 15.3 Å². The lowest BCUT2D eigenvalue weighted by atomic mass is 10.0. The van der Waals surface area contributed by atoms with Crippen LogP contribution in [-0.2, 0) is 0 Å². The average Bonchev–Trinajstić information content (AvgIpc) is 2.92. The van der Waals surface area contributed by atoms with Crippen LogP contribution in [0.1, 0.15) is 21.9 Å². The molecule has 0 radical (unpaired) electrons. The molecular weight excluding hydrogens is 313 g/mol. The van der Waals surface area contributed by atoms with Gasteiger partial charge in [-0.3, -0.25) is 10.1 Å². The van der Waals surface area contributed by atoms with Crippen molar-refractivity contribution >= 4 is 22.4 Å². The Hall–Kier alpha value is -2.60. The molecule has 0 aliphatic heterocycles. The predicted octanol–water partition coefficient (Wildman–Crippen LogP) is 4.21. The van der Waals surface area contributed by atoms with Crippen LogP contribution in [0.3, 0.4) is 0 Å². The number of amides is 1. The standard InChI is InChI=1S/C17H14FN3OS/c1-10-7-13(12-3-5-14(18)6-4-12)8-15(19-10)16(22)21-17-20-11(2)9-23-17/h3-9H,1-2H3,(H,20,21,22). The van der Waals surface area contributed by atoms with Crippen molar-refractivity contribution in [3.63, 3.8) is 0 Å². The number of aromatic nitrogens is 2. The van der Waals surface area contributed by atoms with E-state index in [1.165, 1.54) is 23.5 Å². The summed E-state index contributed by atoms with van der Waals surface area (Å²) in [7, 11) is 0. The maximum Gasteiger partial charge on any atom is 0.276 e. The third-order valence-corrected chi connectivity index (χ3v) is 4.08. The number of thiazole rings is 1. The molecule has 0 fully saturated rings. The first-order valence-corrected chi connectivity index (χ1v) is 7.87. The van der Waals surface area contributed by atoms with Gasteiger partial charge in [-0.25, -0.2) is 14.4 Å². The number of halogens is 1. The number of nitrogens with zero attached hydrogens (tertiary/aromatic N) is 2. The first kappa shape index (κ1) is 15.3. The Morgan fingerprint density at radius 1 is 1.04 bits per heavy atom. The van der Waals surface area contributed by atoms with E-state index in [1.807, 2.05) is 25.3 Å². The van der Waals surface area contributed by atoms with Gasteiger partial charge >= 0.3 is 0 Å². The molecule has 6 heteroatoms. The number of carbonyl (C=O) groups excluding carboxylic acids is 1. The van der Waals surface area contributed by atoms with Gasteiger partial charge in [-0.15, -0.1) is 11.3 Å². The van der Waals surface area contributed by atoms with Crippen LogP contribution >= 0.6 is 11.3 Å². The summed E-state index contributed by atoms with van der Waals surface area (Å²) < 4.78 is 13.1. The van der Waals surface area contributed by atoms with Crippen LogP contribution < -0.4 is 5.32 Å². The number of benzene rings is 1. The van der Waals surface area contributed by atoms with E-state index in [0.29, 0.717) is 16.5 Å². The second-order valence-electron chi connectivity index (χ2n) is 5.14. The molecule has 116 valence electrons. The molecule has 0 spiro atoms. The lowest BCUT2D eigenvalue weighted by Gasteiger charge is -2.07. The predicted molar refractivity (Wildman–Crippen MR) is 89.2 cm³/mol. The fourth-order valence-corrected chi connectivity index (χ4v) is 2.85. The van der Waals surface area contributed by atoms with E-state index in [0.717, 1.165) is 16.8 Å². The lowest BCUT2D eigenvalue weighted by molar-refractivity contribution is 0.102. The van der Waals surface area contributed by atoms with Crippen molar-refractivity contribution in [1.82, 2.24) is 9.97 Å². The first-order chi connectivity index (χ1) is 11.0. The summed E-state index contributed by atoms with van der Waals surface area (Å²) in [4.78, 5) is 20.8. The fourth-order valence-electron chi connectivity index (χ4n) is 2.17. The highest BCUT2D eigenvalue weighted by Crippen LogP contribution is 2.22. The molecule has 2 aromatic heterocycles.